The van der Waals surface area contributed by atoms with E-state index < -0.39 is 0 Å². The first-order valence-corrected chi connectivity index (χ1v) is 8.87. The summed E-state index contributed by atoms with van der Waals surface area (Å²) in [6.45, 7) is 6.16. The lowest BCUT2D eigenvalue weighted by atomic mass is 9.94. The number of hydrogen-bond donors (Lipinski definition) is 1. The second-order valence-corrected chi connectivity index (χ2v) is 6.95. The summed E-state index contributed by atoms with van der Waals surface area (Å²) in [5, 5.41) is 3.50. The van der Waals surface area contributed by atoms with Crippen molar-refractivity contribution in [1.82, 2.24) is 15.1 Å². The number of nitrogens with one attached hydrogen (secondary N) is 1. The molecular weight excluding hydrogens is 276 g/mol. The van der Waals surface area contributed by atoms with Crippen LogP contribution in [0.5, 0.6) is 0 Å². The molecule has 0 amide bonds. The van der Waals surface area contributed by atoms with Gasteiger partial charge in [-0.15, -0.1) is 0 Å². The molecule has 5 nitrogen and oxygen atoms in total. The average molecular weight is 310 g/mol. The summed E-state index contributed by atoms with van der Waals surface area (Å²) < 4.78 is 5.70. The Kier molecular flexibility index (Phi) is 7.46. The van der Waals surface area contributed by atoms with Gasteiger partial charge in [-0.3, -0.25) is 4.99 Å². The molecule has 1 heterocycles. The largest absolute Gasteiger partial charge is 0.379 e. The summed E-state index contributed by atoms with van der Waals surface area (Å²) in [7, 11) is 6.17. The van der Waals surface area contributed by atoms with Gasteiger partial charge in [-0.2, -0.15) is 0 Å². The molecule has 1 aliphatic carbocycles. The molecule has 2 fully saturated rings. The third-order valence-electron chi connectivity index (χ3n) is 4.87. The Morgan fingerprint density at radius 3 is 2.59 bits per heavy atom. The lowest BCUT2D eigenvalue weighted by Gasteiger charge is -2.29. The summed E-state index contributed by atoms with van der Waals surface area (Å²) in [4.78, 5) is 8.97. The van der Waals surface area contributed by atoms with Crippen molar-refractivity contribution >= 4 is 5.96 Å². The highest BCUT2D eigenvalue weighted by Gasteiger charge is 2.21. The maximum Gasteiger partial charge on any atom is 0.193 e. The van der Waals surface area contributed by atoms with Gasteiger partial charge in [0.05, 0.1) is 6.61 Å². The normalized spacial score (nSPS) is 21.1. The van der Waals surface area contributed by atoms with Crippen molar-refractivity contribution in [2.24, 2.45) is 16.8 Å². The van der Waals surface area contributed by atoms with Crippen molar-refractivity contribution in [2.75, 3.05) is 60.5 Å². The zero-order valence-corrected chi connectivity index (χ0v) is 14.7. The van der Waals surface area contributed by atoms with Crippen LogP contribution < -0.4 is 5.32 Å². The first-order valence-electron chi connectivity index (χ1n) is 8.87. The van der Waals surface area contributed by atoms with Crippen LogP contribution in [0.3, 0.4) is 0 Å². The van der Waals surface area contributed by atoms with Gasteiger partial charge in [-0.05, 0) is 64.1 Å². The number of likely N-dealkylation sites (tertiary alicyclic amines) is 1. The van der Waals surface area contributed by atoms with Crippen molar-refractivity contribution in [3.05, 3.63) is 0 Å². The summed E-state index contributed by atoms with van der Waals surface area (Å²) >= 11 is 0. The fourth-order valence-electron chi connectivity index (χ4n) is 2.97. The van der Waals surface area contributed by atoms with Crippen LogP contribution in [0.15, 0.2) is 4.99 Å². The molecule has 1 saturated heterocycles. The molecule has 128 valence electrons. The Labute approximate surface area is 136 Å². The van der Waals surface area contributed by atoms with E-state index in [1.54, 1.807) is 0 Å². The highest BCUT2D eigenvalue weighted by atomic mass is 16.5. The summed E-state index contributed by atoms with van der Waals surface area (Å²) in [6, 6.07) is 0. The van der Waals surface area contributed by atoms with E-state index in [4.69, 9.17) is 4.74 Å². The van der Waals surface area contributed by atoms with Crippen molar-refractivity contribution < 1.29 is 4.74 Å². The lowest BCUT2D eigenvalue weighted by molar-refractivity contribution is 0.115. The fourth-order valence-corrected chi connectivity index (χ4v) is 2.97. The Morgan fingerprint density at radius 2 is 1.95 bits per heavy atom. The number of ether oxygens (including phenoxy) is 1. The number of rotatable bonds is 8. The van der Waals surface area contributed by atoms with E-state index in [1.807, 2.05) is 7.05 Å². The van der Waals surface area contributed by atoms with E-state index in [2.05, 4.69) is 34.2 Å². The minimum atomic E-state index is 0.794. The van der Waals surface area contributed by atoms with Gasteiger partial charge in [0, 0.05) is 33.8 Å². The summed E-state index contributed by atoms with van der Waals surface area (Å²) in [5.74, 6) is 2.70. The number of guanidine groups is 1. The molecular formula is C17H34N4O. The zero-order valence-electron chi connectivity index (χ0n) is 14.7. The molecule has 0 radical (unpaired) electrons. The minimum absolute atomic E-state index is 0.794. The van der Waals surface area contributed by atoms with Crippen molar-refractivity contribution in [2.45, 2.75) is 32.1 Å². The molecule has 0 atom stereocenters. The van der Waals surface area contributed by atoms with Crippen molar-refractivity contribution in [3.8, 4) is 0 Å². The molecule has 0 bridgehead atoms. The fraction of sp³-hybridized carbons (Fsp3) is 0.941. The summed E-state index contributed by atoms with van der Waals surface area (Å²) in [5.41, 5.74) is 0. The van der Waals surface area contributed by atoms with E-state index >= 15 is 0 Å². The number of aliphatic imine (C=N–C) groups is 1. The predicted octanol–water partition coefficient (Wildman–Crippen LogP) is 1.65. The van der Waals surface area contributed by atoms with Gasteiger partial charge >= 0.3 is 0 Å². The van der Waals surface area contributed by atoms with Crippen LogP contribution in [0.1, 0.15) is 32.1 Å². The molecule has 0 unspecified atom stereocenters. The average Bonchev–Trinajstić information content (AvgIpc) is 3.34. The van der Waals surface area contributed by atoms with Crippen LogP contribution in [0.4, 0.5) is 0 Å². The van der Waals surface area contributed by atoms with Gasteiger partial charge in [-0.25, -0.2) is 0 Å². The molecule has 5 heteroatoms. The van der Waals surface area contributed by atoms with E-state index in [1.165, 1.54) is 45.2 Å². The third-order valence-corrected chi connectivity index (χ3v) is 4.87. The van der Waals surface area contributed by atoms with Gasteiger partial charge in [0.15, 0.2) is 5.96 Å². The van der Waals surface area contributed by atoms with E-state index in [0.717, 1.165) is 44.1 Å². The molecule has 1 aliphatic heterocycles. The van der Waals surface area contributed by atoms with Gasteiger partial charge in [0.2, 0.25) is 0 Å². The van der Waals surface area contributed by atoms with Crippen LogP contribution >= 0.6 is 0 Å². The molecule has 1 saturated carbocycles. The second-order valence-electron chi connectivity index (χ2n) is 6.95. The molecule has 0 spiro atoms. The summed E-state index contributed by atoms with van der Waals surface area (Å²) in [6.07, 6.45) is 6.63. The van der Waals surface area contributed by atoms with Crippen LogP contribution in [-0.2, 0) is 4.74 Å². The molecule has 0 aromatic rings. The van der Waals surface area contributed by atoms with Crippen LogP contribution in [-0.4, -0.2) is 76.3 Å². The molecule has 2 aliphatic rings. The lowest BCUT2D eigenvalue weighted by Crippen LogP contribution is -2.41. The molecule has 1 N–H and O–H groups in total. The maximum absolute atomic E-state index is 5.70. The second kappa shape index (κ2) is 9.36. The SMILES string of the molecule is CN=C(NCCC1CCN(C)CC1)N(C)CCOCC1CC1. The topological polar surface area (TPSA) is 40.1 Å². The van der Waals surface area contributed by atoms with Gasteiger partial charge < -0.3 is 19.9 Å². The van der Waals surface area contributed by atoms with Crippen LogP contribution in [0.2, 0.25) is 0 Å². The third kappa shape index (κ3) is 6.53. The number of hydrogen-bond acceptors (Lipinski definition) is 3. The smallest absolute Gasteiger partial charge is 0.193 e. The maximum atomic E-state index is 5.70. The standard InChI is InChI=1S/C17H34N4O/c1-18-17(21(3)12-13-22-14-16-4-5-16)19-9-6-15-7-10-20(2)11-8-15/h15-16H,4-14H2,1-3H3,(H,18,19). The first kappa shape index (κ1) is 17.5. The van der Waals surface area contributed by atoms with Crippen LogP contribution in [0, 0.1) is 11.8 Å². The molecule has 0 aromatic heterocycles. The van der Waals surface area contributed by atoms with Crippen LogP contribution in [0.25, 0.3) is 0 Å². The quantitative estimate of drug-likeness (QED) is 0.420. The van der Waals surface area contributed by atoms with Crippen molar-refractivity contribution in [1.29, 1.82) is 0 Å². The molecule has 2 rings (SSSR count). The Bertz CT molecular complexity index is 336. The van der Waals surface area contributed by atoms with E-state index in [9.17, 15) is 0 Å². The van der Waals surface area contributed by atoms with E-state index in [-0.39, 0.29) is 0 Å². The first-order chi connectivity index (χ1) is 10.7. The van der Waals surface area contributed by atoms with Gasteiger partial charge in [0.25, 0.3) is 0 Å². The Balaban J connectivity index is 1.55. The minimum Gasteiger partial charge on any atom is -0.379 e. The zero-order chi connectivity index (χ0) is 15.8. The Morgan fingerprint density at radius 1 is 1.23 bits per heavy atom. The van der Waals surface area contributed by atoms with Gasteiger partial charge in [-0.1, -0.05) is 0 Å². The number of nitrogens with zero attached hydrogens (tertiary/aromatic N) is 3. The number of piperidine rings is 1. The van der Waals surface area contributed by atoms with Gasteiger partial charge in [0.1, 0.15) is 0 Å². The molecule has 22 heavy (non-hydrogen) atoms. The highest BCUT2D eigenvalue weighted by Crippen LogP contribution is 2.28. The predicted molar refractivity (Wildman–Crippen MR) is 92.4 cm³/mol. The van der Waals surface area contributed by atoms with E-state index in [0.29, 0.717) is 0 Å². The Hall–Kier alpha value is -0.810. The number of likely N-dealkylation sites (N-methyl/N-ethyl adjacent to an activating group) is 1. The highest BCUT2D eigenvalue weighted by molar-refractivity contribution is 5.79. The molecule has 0 aromatic carbocycles. The monoisotopic (exact) mass is 310 g/mol. The van der Waals surface area contributed by atoms with Crippen molar-refractivity contribution in [3.63, 3.8) is 0 Å².